The van der Waals surface area contributed by atoms with E-state index in [1.54, 1.807) is 0 Å². The van der Waals surface area contributed by atoms with Crippen LogP contribution in [0.15, 0.2) is 41.3 Å². The zero-order chi connectivity index (χ0) is 24.8. The Balaban J connectivity index is 2.33. The van der Waals surface area contributed by atoms with Gasteiger partial charge in [-0.3, -0.25) is 19.7 Å². The van der Waals surface area contributed by atoms with Gasteiger partial charge < -0.3 is 9.84 Å². The molecule has 3 N–H and O–H groups in total. The van der Waals surface area contributed by atoms with Crippen LogP contribution in [0.25, 0.3) is 0 Å². The lowest BCUT2D eigenvalue weighted by Gasteiger charge is -2.24. The van der Waals surface area contributed by atoms with Crippen LogP contribution in [-0.4, -0.2) is 73.0 Å². The van der Waals surface area contributed by atoms with Crippen molar-refractivity contribution in [2.24, 2.45) is 0 Å². The van der Waals surface area contributed by atoms with E-state index in [-0.39, 0.29) is 12.3 Å². The summed E-state index contributed by atoms with van der Waals surface area (Å²) in [6.45, 7) is -1.84. The van der Waals surface area contributed by atoms with Crippen molar-refractivity contribution in [1.29, 1.82) is 0 Å². The van der Waals surface area contributed by atoms with Gasteiger partial charge in [0.05, 0.1) is 18.0 Å². The number of nitrogens with one attached hydrogen (secondary N) is 1. The van der Waals surface area contributed by atoms with Gasteiger partial charge in [0, 0.05) is 18.1 Å². The second-order valence-electron chi connectivity index (χ2n) is 6.78. The fourth-order valence-electron chi connectivity index (χ4n) is 2.62. The number of aliphatic carboxylic acids is 1. The lowest BCUT2D eigenvalue weighted by Crippen LogP contribution is -2.43. The second-order valence-corrected chi connectivity index (χ2v) is 9.15. The minimum absolute atomic E-state index is 0.0514. The maximum atomic E-state index is 14.6. The van der Waals surface area contributed by atoms with Crippen LogP contribution in [0.4, 0.5) is 8.78 Å². The summed E-state index contributed by atoms with van der Waals surface area (Å²) >= 11 is 5.74. The topological polar surface area (TPSA) is 136 Å². The normalized spacial score (nSPS) is 11.6. The molecule has 0 heterocycles. The lowest BCUT2D eigenvalue weighted by atomic mass is 10.3. The molecule has 33 heavy (non-hydrogen) atoms. The molecule has 0 unspecified atom stereocenters. The first-order valence-corrected chi connectivity index (χ1v) is 11.0. The van der Waals surface area contributed by atoms with Gasteiger partial charge in [0.1, 0.15) is 5.75 Å². The molecular formula is C19H20ClF2N3O7S. The molecule has 0 radical (unpaired) electrons. The molecule has 0 aliphatic heterocycles. The highest BCUT2D eigenvalue weighted by molar-refractivity contribution is 7.89. The first-order valence-electron chi connectivity index (χ1n) is 9.20. The molecule has 0 saturated carbocycles. The molecule has 0 bridgehead atoms. The Morgan fingerprint density at radius 2 is 1.67 bits per heavy atom. The smallest absolute Gasteiger partial charge is 0.317 e. The number of hydrogen-bond acceptors (Lipinski definition) is 7. The number of likely N-dealkylation sites (N-methyl/N-ethyl adjacent to an activating group) is 1. The maximum absolute atomic E-state index is 14.6. The summed E-state index contributed by atoms with van der Waals surface area (Å²) < 4.78 is 60.8. The number of benzene rings is 2. The molecule has 0 aliphatic rings. The fraction of sp³-hybridized carbons (Fsp3) is 0.263. The molecule has 0 atom stereocenters. The van der Waals surface area contributed by atoms with Gasteiger partial charge >= 0.3 is 5.97 Å². The summed E-state index contributed by atoms with van der Waals surface area (Å²) in [7, 11) is -3.24. The molecule has 0 aliphatic carbocycles. The van der Waals surface area contributed by atoms with Crippen LogP contribution in [0, 0.1) is 11.6 Å². The van der Waals surface area contributed by atoms with E-state index >= 15 is 0 Å². The highest BCUT2D eigenvalue weighted by Crippen LogP contribution is 2.31. The zero-order valence-electron chi connectivity index (χ0n) is 17.2. The first-order chi connectivity index (χ1) is 15.4. The number of hydroxylamine groups is 1. The third kappa shape index (κ3) is 7.33. The van der Waals surface area contributed by atoms with Crippen molar-refractivity contribution < 1.29 is 41.8 Å². The van der Waals surface area contributed by atoms with Crippen molar-refractivity contribution in [3.8, 4) is 11.5 Å². The number of carbonyl (C=O) groups excluding carboxylic acids is 1. The average Bonchev–Trinajstić information content (AvgIpc) is 2.73. The van der Waals surface area contributed by atoms with Gasteiger partial charge in [-0.25, -0.2) is 22.7 Å². The van der Waals surface area contributed by atoms with Crippen LogP contribution < -0.4 is 10.2 Å². The van der Waals surface area contributed by atoms with Gasteiger partial charge in [-0.2, -0.15) is 4.31 Å². The number of nitrogens with zero attached hydrogens (tertiary/aromatic N) is 2. The van der Waals surface area contributed by atoms with Gasteiger partial charge in [-0.05, 0) is 43.4 Å². The molecule has 14 heteroatoms. The van der Waals surface area contributed by atoms with Gasteiger partial charge in [0.2, 0.25) is 10.0 Å². The number of carboxylic acid groups (broad SMARTS) is 1. The fourth-order valence-corrected chi connectivity index (χ4v) is 4.16. The molecule has 0 saturated heterocycles. The molecule has 180 valence electrons. The minimum atomic E-state index is -4.64. The zero-order valence-corrected chi connectivity index (χ0v) is 18.7. The monoisotopic (exact) mass is 507 g/mol. The number of amides is 1. The molecular weight excluding hydrogens is 488 g/mol. The SMILES string of the molecule is CN(CCN(CC(=O)NO)S(=O)(=O)c1cc(F)c(Oc2ccc(Cl)cc2)c(F)c1)CC(=O)O. The van der Waals surface area contributed by atoms with Crippen molar-refractivity contribution in [3.63, 3.8) is 0 Å². The number of rotatable bonds is 11. The molecule has 0 aromatic heterocycles. The predicted molar refractivity (Wildman–Crippen MR) is 112 cm³/mol. The molecule has 0 fully saturated rings. The summed E-state index contributed by atoms with van der Waals surface area (Å²) in [5.74, 6) is -5.72. The number of sulfonamides is 1. The Hall–Kier alpha value is -2.84. The van der Waals surface area contributed by atoms with E-state index in [0.29, 0.717) is 21.5 Å². The van der Waals surface area contributed by atoms with Crippen LogP contribution in [0.5, 0.6) is 11.5 Å². The van der Waals surface area contributed by atoms with E-state index in [9.17, 15) is 26.8 Å². The van der Waals surface area contributed by atoms with Crippen LogP contribution >= 0.6 is 11.6 Å². The number of carboxylic acids is 1. The molecule has 1 amide bonds. The van der Waals surface area contributed by atoms with Crippen LogP contribution in [-0.2, 0) is 19.6 Å². The number of carbonyl (C=O) groups is 2. The van der Waals surface area contributed by atoms with Gasteiger partial charge in [-0.15, -0.1) is 0 Å². The highest BCUT2D eigenvalue weighted by Gasteiger charge is 2.29. The largest absolute Gasteiger partial charge is 0.480 e. The standard InChI is InChI=1S/C19H20ClF2N3O7S/c1-24(11-18(27)28)6-7-25(10-17(26)23-29)33(30,31)14-8-15(21)19(16(22)9-14)32-13-4-2-12(20)3-5-13/h2-5,8-9,29H,6-7,10-11H2,1H3,(H,23,26)(H,27,28). The predicted octanol–water partition coefficient (Wildman–Crippen LogP) is 1.92. The Labute approximate surface area is 192 Å². The van der Waals surface area contributed by atoms with Gasteiger partial charge in [0.15, 0.2) is 17.4 Å². The Kier molecular flexibility index (Phi) is 9.07. The maximum Gasteiger partial charge on any atom is 0.317 e. The van der Waals surface area contributed by atoms with Crippen molar-refractivity contribution in [3.05, 3.63) is 53.1 Å². The average molecular weight is 508 g/mol. The molecule has 2 aromatic rings. The van der Waals surface area contributed by atoms with E-state index in [1.807, 2.05) is 0 Å². The van der Waals surface area contributed by atoms with E-state index in [1.165, 1.54) is 41.7 Å². The summed E-state index contributed by atoms with van der Waals surface area (Å²) in [5, 5.41) is 17.9. The van der Waals surface area contributed by atoms with Crippen LogP contribution in [0.2, 0.25) is 5.02 Å². The third-order valence-electron chi connectivity index (χ3n) is 4.22. The molecule has 2 rings (SSSR count). The van der Waals surface area contributed by atoms with Crippen LogP contribution in [0.3, 0.4) is 0 Å². The van der Waals surface area contributed by atoms with Crippen molar-refractivity contribution in [2.75, 3.05) is 33.2 Å². The van der Waals surface area contributed by atoms with E-state index < -0.39 is 63.8 Å². The van der Waals surface area contributed by atoms with Crippen LogP contribution in [0.1, 0.15) is 0 Å². The second kappa shape index (κ2) is 11.3. The third-order valence-corrected chi connectivity index (χ3v) is 6.30. The highest BCUT2D eigenvalue weighted by atomic mass is 35.5. The first kappa shape index (κ1) is 26.4. The minimum Gasteiger partial charge on any atom is -0.480 e. The van der Waals surface area contributed by atoms with Gasteiger partial charge in [0.25, 0.3) is 5.91 Å². The number of hydrogen-bond donors (Lipinski definition) is 3. The quantitative estimate of drug-likeness (QED) is 0.310. The summed E-state index contributed by atoms with van der Waals surface area (Å²) in [6.07, 6.45) is 0. The lowest BCUT2D eigenvalue weighted by molar-refractivity contribution is -0.138. The molecule has 2 aromatic carbocycles. The summed E-state index contributed by atoms with van der Waals surface area (Å²) in [4.78, 5) is 22.8. The summed E-state index contributed by atoms with van der Waals surface area (Å²) in [6, 6.07) is 6.61. The van der Waals surface area contributed by atoms with Gasteiger partial charge in [-0.1, -0.05) is 11.6 Å². The van der Waals surface area contributed by atoms with E-state index in [0.717, 1.165) is 0 Å². The van der Waals surface area contributed by atoms with Crippen molar-refractivity contribution in [2.45, 2.75) is 4.90 Å². The van der Waals surface area contributed by atoms with E-state index in [2.05, 4.69) is 0 Å². The van der Waals surface area contributed by atoms with Crippen molar-refractivity contribution in [1.82, 2.24) is 14.7 Å². The van der Waals surface area contributed by atoms with Crippen molar-refractivity contribution >= 4 is 33.5 Å². The Morgan fingerprint density at radius 1 is 1.09 bits per heavy atom. The van der Waals surface area contributed by atoms with E-state index in [4.69, 9.17) is 26.7 Å². The Morgan fingerprint density at radius 3 is 2.18 bits per heavy atom. The Bertz CT molecular complexity index is 1090. The molecule has 10 nitrogen and oxygen atoms in total. The molecule has 0 spiro atoms. The number of halogens is 3. The number of ether oxygens (including phenoxy) is 1. The summed E-state index contributed by atoms with van der Waals surface area (Å²) in [5.41, 5.74) is 1.27.